The number of hydrogen-bond donors (Lipinski definition) is 4. The summed E-state index contributed by atoms with van der Waals surface area (Å²) in [5.74, 6) is -2.38. The number of carbonyl (C=O) groups excluding carboxylic acids is 6. The van der Waals surface area contributed by atoms with Crippen LogP contribution in [0.3, 0.4) is 0 Å². The van der Waals surface area contributed by atoms with Gasteiger partial charge < -0.3 is 70.3 Å². The van der Waals surface area contributed by atoms with Gasteiger partial charge in [0.25, 0.3) is 0 Å². The Morgan fingerprint density at radius 3 is 1.12 bits per heavy atom. The molecule has 0 amide bonds. The van der Waals surface area contributed by atoms with E-state index in [0.29, 0.717) is 45.4 Å². The van der Waals surface area contributed by atoms with Crippen molar-refractivity contribution in [1.29, 1.82) is 0 Å². The molecule has 0 aliphatic carbocycles. The second-order valence-electron chi connectivity index (χ2n) is 20.4. The van der Waals surface area contributed by atoms with Crippen LogP contribution in [0.2, 0.25) is 0 Å². The molecule has 486 valence electrons. The first-order valence-corrected chi connectivity index (χ1v) is 27.9. The van der Waals surface area contributed by atoms with Crippen molar-refractivity contribution in [3.8, 4) is 23.0 Å². The second-order valence-corrected chi connectivity index (χ2v) is 20.4. The molecule has 8 N–H and O–H groups in total. The van der Waals surface area contributed by atoms with E-state index in [0.717, 1.165) is 0 Å². The van der Waals surface area contributed by atoms with E-state index in [1.807, 2.05) is 0 Å². The fourth-order valence-electron chi connectivity index (χ4n) is 7.39. The Morgan fingerprint density at radius 1 is 0.385 bits per heavy atom. The van der Waals surface area contributed by atoms with Crippen LogP contribution in [0.4, 0.5) is 49.1 Å². The fraction of sp³-hybridized carbons (Fsp3) is 0.292. The maximum absolute atomic E-state index is 12.4. The van der Waals surface area contributed by atoms with Crippen molar-refractivity contribution >= 4 is 70.7 Å². The summed E-state index contributed by atoms with van der Waals surface area (Å²) in [4.78, 5) is 73.3. The van der Waals surface area contributed by atoms with Crippen molar-refractivity contribution in [1.82, 2.24) is 0 Å². The predicted molar refractivity (Wildman–Crippen MR) is 324 cm³/mol. The lowest BCUT2D eigenvalue weighted by Gasteiger charge is -2.23. The topological polar surface area (TPSA) is 299 Å². The minimum absolute atomic E-state index is 0.0113. The lowest BCUT2D eigenvalue weighted by molar-refractivity contribution is -0.141. The number of ether oxygens (including phenoxy) is 10. The molecule has 0 unspecified atom stereocenters. The number of hydrogen-bond acceptors (Lipinski definition) is 20. The summed E-state index contributed by atoms with van der Waals surface area (Å²) < 4.78 is 126. The molecule has 26 heteroatoms. The van der Waals surface area contributed by atoms with Gasteiger partial charge in [-0.2, -0.15) is 26.3 Å². The van der Waals surface area contributed by atoms with Gasteiger partial charge in [-0.05, 0) is 145 Å². The van der Waals surface area contributed by atoms with Gasteiger partial charge >= 0.3 is 48.2 Å². The van der Waals surface area contributed by atoms with Gasteiger partial charge in [-0.15, -0.1) is 0 Å². The summed E-state index contributed by atoms with van der Waals surface area (Å²) in [5.41, 5.74) is 25.7. The molecule has 6 rings (SSSR count). The van der Waals surface area contributed by atoms with Crippen molar-refractivity contribution in [3.05, 3.63) is 179 Å². The van der Waals surface area contributed by atoms with E-state index >= 15 is 0 Å². The van der Waals surface area contributed by atoms with Gasteiger partial charge in [0, 0.05) is 53.2 Å². The Kier molecular flexibility index (Phi) is 28.2. The zero-order chi connectivity index (χ0) is 66.4. The average Bonchev–Trinajstić information content (AvgIpc) is 2.12. The first-order valence-electron chi connectivity index (χ1n) is 27.9. The Bertz CT molecular complexity index is 3360. The monoisotopic (exact) mass is 1270 g/mol. The van der Waals surface area contributed by atoms with E-state index in [9.17, 15) is 55.1 Å². The lowest BCUT2D eigenvalue weighted by Crippen LogP contribution is -2.28. The van der Waals surface area contributed by atoms with Crippen molar-refractivity contribution in [2.75, 3.05) is 89.0 Å². The molecule has 0 atom stereocenters. The SMILES string of the molecule is CC(C)(COC(=O)C=Cc1ccc(OC(=O)c2ccc(OCCCC(F)(F)F)cc2)cc1)COC(=O)c1cc(N)cc(N)c1.Nc1cc(N)cc(C(=O)OCCOCCOCCOC(=O)C=Cc2ccc(OC(=O)c3ccc(OCCCC(F)(F)F)cc3)cc2)c1. The van der Waals surface area contributed by atoms with Crippen LogP contribution in [-0.4, -0.2) is 114 Å². The van der Waals surface area contributed by atoms with Gasteiger partial charge in [0.2, 0.25) is 0 Å². The largest absolute Gasteiger partial charge is 0.494 e. The number of nitrogens with two attached hydrogens (primary N) is 4. The van der Waals surface area contributed by atoms with Crippen LogP contribution in [0.1, 0.15) is 92.1 Å². The van der Waals surface area contributed by atoms with E-state index in [1.165, 1.54) is 109 Å². The van der Waals surface area contributed by atoms with Crippen molar-refractivity contribution < 1.29 is 102 Å². The fourth-order valence-corrected chi connectivity index (χ4v) is 7.39. The summed E-state index contributed by atoms with van der Waals surface area (Å²) >= 11 is 0. The van der Waals surface area contributed by atoms with Crippen LogP contribution >= 0.6 is 0 Å². The first-order chi connectivity index (χ1) is 43.2. The van der Waals surface area contributed by atoms with Crippen molar-refractivity contribution in [3.63, 3.8) is 0 Å². The third kappa shape index (κ3) is 29.2. The molecule has 0 spiro atoms. The highest BCUT2D eigenvalue weighted by Gasteiger charge is 2.27. The molecule has 0 saturated carbocycles. The van der Waals surface area contributed by atoms with Gasteiger partial charge in [-0.3, -0.25) is 0 Å². The molecule has 0 aliphatic heterocycles. The molecule has 91 heavy (non-hydrogen) atoms. The normalized spacial score (nSPS) is 11.5. The van der Waals surface area contributed by atoms with Crippen LogP contribution in [0.5, 0.6) is 23.0 Å². The third-order valence-electron chi connectivity index (χ3n) is 11.9. The quantitative estimate of drug-likeness (QED) is 0.00598. The number of benzene rings is 6. The van der Waals surface area contributed by atoms with Gasteiger partial charge in [0.15, 0.2) is 0 Å². The van der Waals surface area contributed by atoms with E-state index < -0.39 is 66.4 Å². The molecular weight excluding hydrogens is 1210 g/mol. The standard InChI is InChI=1S/C33H35F3N2O9.C32H33F3N2O7/c34-33(35,36)12-1-13-44-28-9-5-24(6-10-28)32(41)47-29-7-2-23(3-8-29)4-11-30(39)45-18-16-42-14-15-43-17-19-46-31(40)25-20-26(37)22-27(38)21-25;1-31(2,20-43-29(39)23-16-24(36)18-25(37)17-23)19-42-28(38)13-6-21-4-9-27(10-5-21)44-30(40)22-7-11-26(12-8-22)41-15-3-14-32(33,34)35/h2-11,20-22H,1,12-19,37-38H2;4-13,16-18H,3,14-15,19-20,36-37H2,1-2H3. The molecule has 0 aliphatic rings. The smallest absolute Gasteiger partial charge is 0.389 e. The Balaban J connectivity index is 0.000000331. The average molecular weight is 1280 g/mol. The molecule has 0 radical (unpaired) electrons. The van der Waals surface area contributed by atoms with Gasteiger partial charge in [0.1, 0.15) is 36.2 Å². The number of nitrogen functional groups attached to an aromatic ring is 4. The molecule has 0 saturated heterocycles. The summed E-state index contributed by atoms with van der Waals surface area (Å²) in [6.07, 6.45) is -5.11. The number of esters is 6. The third-order valence-corrected chi connectivity index (χ3v) is 11.9. The Hall–Kier alpha value is -10.1. The minimum Gasteiger partial charge on any atom is -0.494 e. The highest BCUT2D eigenvalue weighted by molar-refractivity contribution is 5.94. The number of rotatable bonds is 31. The van der Waals surface area contributed by atoms with Crippen LogP contribution in [0.25, 0.3) is 12.2 Å². The molecule has 0 heterocycles. The molecular formula is C65H68F6N4O16. The molecule has 0 fully saturated rings. The maximum atomic E-state index is 12.4. The van der Waals surface area contributed by atoms with E-state index in [4.69, 9.17) is 70.3 Å². The highest BCUT2D eigenvalue weighted by Crippen LogP contribution is 2.26. The number of carbonyl (C=O) groups is 6. The molecule has 20 nitrogen and oxygen atoms in total. The second kappa shape index (κ2) is 35.8. The van der Waals surface area contributed by atoms with Gasteiger partial charge in [0.05, 0.1) is 75.1 Å². The zero-order valence-electron chi connectivity index (χ0n) is 49.5. The first kappa shape index (κ1) is 71.7. The number of anilines is 4. The highest BCUT2D eigenvalue weighted by atomic mass is 19.4. The summed E-state index contributed by atoms with van der Waals surface area (Å²) in [5, 5.41) is 0. The number of halogens is 6. The molecule has 0 bridgehead atoms. The van der Waals surface area contributed by atoms with E-state index in [1.54, 1.807) is 62.4 Å². The van der Waals surface area contributed by atoms with Crippen molar-refractivity contribution in [2.45, 2.75) is 51.9 Å². The Morgan fingerprint density at radius 2 is 0.725 bits per heavy atom. The van der Waals surface area contributed by atoms with Crippen LogP contribution in [0, 0.1) is 5.41 Å². The van der Waals surface area contributed by atoms with Crippen molar-refractivity contribution in [2.24, 2.45) is 5.41 Å². The van der Waals surface area contributed by atoms with Crippen LogP contribution in [0.15, 0.2) is 146 Å². The molecule has 6 aromatic rings. The van der Waals surface area contributed by atoms with Gasteiger partial charge in [-0.1, -0.05) is 38.1 Å². The Labute approximate surface area is 519 Å². The summed E-state index contributed by atoms with van der Waals surface area (Å²) in [6.45, 7) is 4.23. The number of alkyl halides is 6. The van der Waals surface area contributed by atoms with E-state index in [2.05, 4.69) is 0 Å². The minimum atomic E-state index is -4.23. The maximum Gasteiger partial charge on any atom is 0.389 e. The zero-order valence-corrected chi connectivity index (χ0v) is 49.5. The summed E-state index contributed by atoms with van der Waals surface area (Å²) in [6, 6.07) is 33.4. The predicted octanol–water partition coefficient (Wildman–Crippen LogP) is 11.5. The van der Waals surface area contributed by atoms with Crippen LogP contribution < -0.4 is 41.9 Å². The van der Waals surface area contributed by atoms with Crippen LogP contribution in [-0.2, 0) is 38.0 Å². The summed E-state index contributed by atoms with van der Waals surface area (Å²) in [7, 11) is 0. The molecule has 0 aromatic heterocycles. The lowest BCUT2D eigenvalue weighted by atomic mass is 9.96. The van der Waals surface area contributed by atoms with Gasteiger partial charge in [-0.25, -0.2) is 28.8 Å². The van der Waals surface area contributed by atoms with E-state index in [-0.39, 0.29) is 113 Å². The molecule has 6 aromatic carbocycles.